The summed E-state index contributed by atoms with van der Waals surface area (Å²) in [6, 6.07) is 23.5. The molecule has 0 saturated carbocycles. The van der Waals surface area contributed by atoms with Crippen molar-refractivity contribution in [3.8, 4) is 11.3 Å². The van der Waals surface area contributed by atoms with E-state index in [0.29, 0.717) is 61.5 Å². The average molecular weight is 842 g/mol. The van der Waals surface area contributed by atoms with Crippen molar-refractivity contribution in [2.24, 2.45) is 5.92 Å². The van der Waals surface area contributed by atoms with E-state index in [0.717, 1.165) is 86.5 Å². The van der Waals surface area contributed by atoms with Crippen LogP contribution in [0.1, 0.15) is 85.3 Å². The largest absolute Gasteiger partial charge is 0.374 e. The van der Waals surface area contributed by atoms with Crippen LogP contribution in [0.15, 0.2) is 79.0 Å². The van der Waals surface area contributed by atoms with Crippen molar-refractivity contribution < 1.29 is 23.9 Å². The molecule has 62 heavy (non-hydrogen) atoms. The van der Waals surface area contributed by atoms with Crippen LogP contribution in [0.25, 0.3) is 11.3 Å². The molecule has 14 nitrogen and oxygen atoms in total. The number of carbonyl (C=O) groups excluding carboxylic acids is 4. The first-order valence-corrected chi connectivity index (χ1v) is 22.2. The second-order valence-corrected chi connectivity index (χ2v) is 17.6. The van der Waals surface area contributed by atoms with Gasteiger partial charge in [-0.3, -0.25) is 19.7 Å². The van der Waals surface area contributed by atoms with E-state index in [1.807, 2.05) is 61.2 Å². The number of likely N-dealkylation sites (tertiary alicyclic amines) is 3. The van der Waals surface area contributed by atoms with Crippen LogP contribution in [0.5, 0.6) is 0 Å². The molecule has 1 aromatic heterocycles. The molecule has 3 aromatic carbocycles. The van der Waals surface area contributed by atoms with Gasteiger partial charge in [-0.2, -0.15) is 0 Å². The summed E-state index contributed by atoms with van der Waals surface area (Å²) < 4.78 is 5.77. The number of urea groups is 1. The normalized spacial score (nSPS) is 19.3. The maximum Gasteiger partial charge on any atom is 0.317 e. The van der Waals surface area contributed by atoms with Crippen molar-refractivity contribution in [1.29, 1.82) is 0 Å². The number of nitrogens with zero attached hydrogens (tertiary/aromatic N) is 5. The fraction of sp³-hybridized carbons (Fsp3) is 0.458. The number of aryl methyl sites for hydroxylation is 1. The fourth-order valence-electron chi connectivity index (χ4n) is 9.05. The highest BCUT2D eigenvalue weighted by Crippen LogP contribution is 2.31. The molecule has 4 aliphatic rings. The molecule has 0 aliphatic carbocycles. The number of rotatable bonds is 13. The number of hydrogen-bond donors (Lipinski definition) is 4. The van der Waals surface area contributed by atoms with Gasteiger partial charge in [0.2, 0.25) is 17.8 Å². The first-order valence-electron chi connectivity index (χ1n) is 22.2. The molecule has 0 radical (unpaired) electrons. The third kappa shape index (κ3) is 10.8. The van der Waals surface area contributed by atoms with Crippen molar-refractivity contribution in [2.75, 3.05) is 56.4 Å². The monoisotopic (exact) mass is 841 g/mol. The lowest BCUT2D eigenvalue weighted by Crippen LogP contribution is -2.58. The Kier molecular flexibility index (Phi) is 13.4. The van der Waals surface area contributed by atoms with Gasteiger partial charge in [0.05, 0.1) is 31.0 Å². The Morgan fingerprint density at radius 3 is 2.37 bits per heavy atom. The van der Waals surface area contributed by atoms with Gasteiger partial charge in [0, 0.05) is 61.3 Å². The molecule has 1 atom stereocenters. The molecule has 14 heteroatoms. The molecule has 1 unspecified atom stereocenters. The molecule has 4 saturated heterocycles. The van der Waals surface area contributed by atoms with Gasteiger partial charge >= 0.3 is 6.03 Å². The van der Waals surface area contributed by atoms with Gasteiger partial charge in [0.1, 0.15) is 6.04 Å². The van der Waals surface area contributed by atoms with Crippen LogP contribution in [0.3, 0.4) is 0 Å². The molecule has 326 valence electrons. The van der Waals surface area contributed by atoms with E-state index in [-0.39, 0.29) is 36.0 Å². The van der Waals surface area contributed by atoms with Gasteiger partial charge in [-0.1, -0.05) is 30.3 Å². The minimum atomic E-state index is -0.487. The number of imide groups is 1. The summed E-state index contributed by atoms with van der Waals surface area (Å²) in [5.74, 6) is 1.07. The molecule has 5 heterocycles. The maximum atomic E-state index is 13.4. The Morgan fingerprint density at radius 1 is 0.871 bits per heavy atom. The Morgan fingerprint density at radius 2 is 1.65 bits per heavy atom. The molecule has 0 bridgehead atoms. The Labute approximate surface area is 364 Å². The Bertz CT molecular complexity index is 2230. The van der Waals surface area contributed by atoms with Crippen LogP contribution in [-0.4, -0.2) is 112 Å². The summed E-state index contributed by atoms with van der Waals surface area (Å²) in [4.78, 5) is 65.4. The number of piperidine rings is 3. The van der Waals surface area contributed by atoms with E-state index >= 15 is 0 Å². The molecule has 4 N–H and O–H groups in total. The van der Waals surface area contributed by atoms with Crippen LogP contribution < -0.4 is 21.3 Å². The van der Waals surface area contributed by atoms with Crippen LogP contribution in [0.4, 0.5) is 22.1 Å². The zero-order valence-corrected chi connectivity index (χ0v) is 36.1. The minimum Gasteiger partial charge on any atom is -0.374 e. The summed E-state index contributed by atoms with van der Waals surface area (Å²) in [7, 11) is 0. The van der Waals surface area contributed by atoms with Gasteiger partial charge in [0.25, 0.3) is 5.91 Å². The van der Waals surface area contributed by atoms with Gasteiger partial charge in [-0.25, -0.2) is 14.8 Å². The molecule has 4 fully saturated rings. The number of carbonyl (C=O) groups is 4. The average Bonchev–Trinajstić information content (AvgIpc) is 3.26. The van der Waals surface area contributed by atoms with E-state index in [4.69, 9.17) is 9.72 Å². The first kappa shape index (κ1) is 42.8. The summed E-state index contributed by atoms with van der Waals surface area (Å²) >= 11 is 0. The van der Waals surface area contributed by atoms with Crippen molar-refractivity contribution >= 4 is 41.1 Å². The summed E-state index contributed by atoms with van der Waals surface area (Å²) in [5.41, 5.74) is 7.57. The number of anilines is 3. The number of aromatic nitrogens is 2. The van der Waals surface area contributed by atoms with E-state index in [9.17, 15) is 19.2 Å². The van der Waals surface area contributed by atoms with Crippen LogP contribution in [0, 0.1) is 12.8 Å². The second-order valence-electron chi connectivity index (χ2n) is 17.6. The zero-order valence-electron chi connectivity index (χ0n) is 36.1. The lowest BCUT2D eigenvalue weighted by Gasteiger charge is -2.39. The van der Waals surface area contributed by atoms with Crippen LogP contribution >= 0.6 is 0 Å². The van der Waals surface area contributed by atoms with Crippen LogP contribution in [0.2, 0.25) is 0 Å². The highest BCUT2D eigenvalue weighted by Gasteiger charge is 2.32. The standard InChI is InChI=1S/C48H59N9O5/c1-31(2)62-41-29-57(30-41)48(61)50-27-38-8-7-36(25-32(38)3)42-15-20-49-47(53-42)52-39-11-9-34(10-12-39)35-18-21-55(22-19-35)28-33-16-23-56(24-17-33)46(60)37-5-4-6-40(26-37)51-43-13-14-44(58)54-45(43)59/h4-12,15,20,25-26,31,33,35,41,43,51H,13-14,16-19,21-24,27-30H2,1-3H3,(H,50,61)(H,49,52,53)(H,54,58,59). The van der Waals surface area contributed by atoms with Gasteiger partial charge in [-0.05, 0) is 137 Å². The highest BCUT2D eigenvalue weighted by molar-refractivity contribution is 6.01. The molecule has 8 rings (SSSR count). The maximum absolute atomic E-state index is 13.4. The van der Waals surface area contributed by atoms with Gasteiger partial charge in [0.15, 0.2) is 0 Å². The van der Waals surface area contributed by atoms with Gasteiger partial charge < -0.3 is 35.4 Å². The minimum absolute atomic E-state index is 0.0180. The topological polar surface area (TPSA) is 161 Å². The van der Waals surface area contributed by atoms with Crippen molar-refractivity contribution in [2.45, 2.75) is 90.0 Å². The lowest BCUT2D eigenvalue weighted by atomic mass is 9.88. The predicted molar refractivity (Wildman–Crippen MR) is 239 cm³/mol. The number of nitrogens with one attached hydrogen (secondary N) is 4. The van der Waals surface area contributed by atoms with E-state index in [1.54, 1.807) is 11.1 Å². The van der Waals surface area contributed by atoms with Crippen LogP contribution in [-0.2, 0) is 20.9 Å². The Balaban J connectivity index is 0.755. The predicted octanol–water partition coefficient (Wildman–Crippen LogP) is 6.46. The molecular formula is C48H59N9O5. The van der Waals surface area contributed by atoms with Crippen molar-refractivity contribution in [1.82, 2.24) is 35.3 Å². The van der Waals surface area contributed by atoms with E-state index in [1.165, 1.54) is 5.56 Å². The summed E-state index contributed by atoms with van der Waals surface area (Å²) in [6.07, 6.45) is 7.02. The molecular weight excluding hydrogens is 783 g/mol. The molecule has 5 amide bonds. The smallest absolute Gasteiger partial charge is 0.317 e. The lowest BCUT2D eigenvalue weighted by molar-refractivity contribution is -0.133. The fourth-order valence-corrected chi connectivity index (χ4v) is 9.05. The SMILES string of the molecule is Cc1cc(-c2ccnc(Nc3ccc(C4CCN(CC5CCN(C(=O)c6cccc(NC7CCC(=O)NC7=O)c6)CC5)CC4)cc3)n2)ccc1CNC(=O)N1CC(OC(C)C)C1. The quantitative estimate of drug-likeness (QED) is 0.110. The van der Waals surface area contributed by atoms with E-state index < -0.39 is 6.04 Å². The highest BCUT2D eigenvalue weighted by atomic mass is 16.5. The number of hydrogen-bond acceptors (Lipinski definition) is 10. The van der Waals surface area contributed by atoms with Crippen molar-refractivity contribution in [3.63, 3.8) is 0 Å². The zero-order chi connectivity index (χ0) is 43.2. The second kappa shape index (κ2) is 19.5. The molecule has 0 spiro atoms. The number of amides is 5. The van der Waals surface area contributed by atoms with E-state index in [2.05, 4.69) is 68.4 Å². The first-order chi connectivity index (χ1) is 30.0. The number of benzene rings is 3. The molecule has 4 aliphatic heterocycles. The third-order valence-electron chi connectivity index (χ3n) is 12.7. The Hall–Kier alpha value is -5.86. The summed E-state index contributed by atoms with van der Waals surface area (Å²) in [6.45, 7) is 12.5. The summed E-state index contributed by atoms with van der Waals surface area (Å²) in [5, 5.41) is 12.0. The van der Waals surface area contributed by atoms with Crippen molar-refractivity contribution in [3.05, 3.63) is 101 Å². The third-order valence-corrected chi connectivity index (χ3v) is 12.7. The number of ether oxygens (including phenoxy) is 1. The molecule has 4 aromatic rings. The van der Waals surface area contributed by atoms with Gasteiger partial charge in [-0.15, -0.1) is 0 Å².